The average molecular weight is 373 g/mol. The Balaban J connectivity index is 2.24. The third-order valence-electron chi connectivity index (χ3n) is 3.04. The Morgan fingerprint density at radius 2 is 2.05 bits per heavy atom. The molecule has 0 heterocycles. The van der Waals surface area contributed by atoms with E-state index in [0.717, 1.165) is 15.7 Å². The SMILES string of the molecule is CCOc1cc(F)ccc1NC(C)c1ccc(Br)cc1Cl. The van der Waals surface area contributed by atoms with Crippen LogP contribution in [0, 0.1) is 5.82 Å². The molecule has 0 aliphatic heterocycles. The zero-order chi connectivity index (χ0) is 15.4. The highest BCUT2D eigenvalue weighted by molar-refractivity contribution is 9.10. The van der Waals surface area contributed by atoms with Gasteiger partial charge in [0.2, 0.25) is 0 Å². The van der Waals surface area contributed by atoms with Crippen molar-refractivity contribution < 1.29 is 9.13 Å². The molecule has 0 saturated heterocycles. The molecular formula is C16H16BrClFNO. The molecule has 112 valence electrons. The van der Waals surface area contributed by atoms with Crippen molar-refractivity contribution >= 4 is 33.2 Å². The summed E-state index contributed by atoms with van der Waals surface area (Å²) in [7, 11) is 0. The first-order valence-corrected chi connectivity index (χ1v) is 7.82. The lowest BCUT2D eigenvalue weighted by atomic mass is 10.1. The number of rotatable bonds is 5. The summed E-state index contributed by atoms with van der Waals surface area (Å²) >= 11 is 9.64. The smallest absolute Gasteiger partial charge is 0.145 e. The van der Waals surface area contributed by atoms with E-state index in [1.165, 1.54) is 12.1 Å². The lowest BCUT2D eigenvalue weighted by molar-refractivity contribution is 0.339. The first kappa shape index (κ1) is 16.1. The molecule has 0 saturated carbocycles. The minimum Gasteiger partial charge on any atom is -0.492 e. The van der Waals surface area contributed by atoms with Crippen LogP contribution in [0.5, 0.6) is 5.75 Å². The molecule has 1 unspecified atom stereocenters. The number of ether oxygens (including phenoxy) is 1. The van der Waals surface area contributed by atoms with Crippen molar-refractivity contribution in [2.75, 3.05) is 11.9 Å². The average Bonchev–Trinajstić information content (AvgIpc) is 2.42. The molecule has 0 aliphatic carbocycles. The Kier molecular flexibility index (Phi) is 5.48. The van der Waals surface area contributed by atoms with Crippen LogP contribution >= 0.6 is 27.5 Å². The fraction of sp³-hybridized carbons (Fsp3) is 0.250. The summed E-state index contributed by atoms with van der Waals surface area (Å²) in [5.41, 5.74) is 1.70. The van der Waals surface area contributed by atoms with Crippen LogP contribution in [-0.4, -0.2) is 6.61 Å². The summed E-state index contributed by atoms with van der Waals surface area (Å²) in [6, 6.07) is 10.2. The molecule has 0 bridgehead atoms. The van der Waals surface area contributed by atoms with E-state index in [-0.39, 0.29) is 11.9 Å². The van der Waals surface area contributed by atoms with Crippen LogP contribution in [0.4, 0.5) is 10.1 Å². The van der Waals surface area contributed by atoms with Gasteiger partial charge in [0.05, 0.1) is 18.3 Å². The van der Waals surface area contributed by atoms with Crippen molar-refractivity contribution in [3.63, 3.8) is 0 Å². The number of benzene rings is 2. The van der Waals surface area contributed by atoms with E-state index in [1.54, 1.807) is 6.07 Å². The third-order valence-corrected chi connectivity index (χ3v) is 3.87. The molecule has 0 radical (unpaired) electrons. The Morgan fingerprint density at radius 3 is 2.71 bits per heavy atom. The third kappa shape index (κ3) is 4.11. The van der Waals surface area contributed by atoms with Gasteiger partial charge < -0.3 is 10.1 Å². The second-order valence-electron chi connectivity index (χ2n) is 4.61. The van der Waals surface area contributed by atoms with Crippen LogP contribution in [0.1, 0.15) is 25.5 Å². The van der Waals surface area contributed by atoms with Crippen LogP contribution in [0.3, 0.4) is 0 Å². The van der Waals surface area contributed by atoms with Gasteiger partial charge in [0, 0.05) is 15.6 Å². The molecule has 2 aromatic rings. The van der Waals surface area contributed by atoms with Gasteiger partial charge in [-0.1, -0.05) is 33.6 Å². The number of nitrogens with one attached hydrogen (secondary N) is 1. The van der Waals surface area contributed by atoms with Crippen molar-refractivity contribution in [1.29, 1.82) is 0 Å². The molecule has 21 heavy (non-hydrogen) atoms. The van der Waals surface area contributed by atoms with E-state index in [4.69, 9.17) is 16.3 Å². The zero-order valence-corrected chi connectivity index (χ0v) is 14.1. The quantitative estimate of drug-likeness (QED) is 0.714. The summed E-state index contributed by atoms with van der Waals surface area (Å²) in [5.74, 6) is 0.177. The Bertz CT molecular complexity index is 636. The summed E-state index contributed by atoms with van der Waals surface area (Å²) in [5, 5.41) is 3.98. The number of hydrogen-bond donors (Lipinski definition) is 1. The lowest BCUT2D eigenvalue weighted by Gasteiger charge is -2.19. The molecule has 0 amide bonds. The van der Waals surface area contributed by atoms with Crippen LogP contribution in [0.25, 0.3) is 0 Å². The predicted molar refractivity (Wildman–Crippen MR) is 88.8 cm³/mol. The van der Waals surface area contributed by atoms with Gasteiger partial charge in [-0.3, -0.25) is 0 Å². The molecule has 5 heteroatoms. The number of halogens is 3. The standard InChI is InChI=1S/C16H16BrClFNO/c1-3-21-16-9-12(19)5-7-15(16)20-10(2)13-6-4-11(17)8-14(13)18/h4-10,20H,3H2,1-2H3. The summed E-state index contributed by atoms with van der Waals surface area (Å²) in [4.78, 5) is 0. The molecular weight excluding hydrogens is 357 g/mol. The van der Waals surface area contributed by atoms with Gasteiger partial charge in [0.15, 0.2) is 0 Å². The number of anilines is 1. The van der Waals surface area contributed by atoms with Gasteiger partial charge in [-0.2, -0.15) is 0 Å². The summed E-state index contributed by atoms with van der Waals surface area (Å²) in [6.45, 7) is 4.34. The number of hydrogen-bond acceptors (Lipinski definition) is 2. The zero-order valence-electron chi connectivity index (χ0n) is 11.8. The maximum absolute atomic E-state index is 13.3. The minimum absolute atomic E-state index is 0.0322. The van der Waals surface area contributed by atoms with E-state index in [1.807, 2.05) is 32.0 Å². The summed E-state index contributed by atoms with van der Waals surface area (Å²) < 4.78 is 19.7. The van der Waals surface area contributed by atoms with Gasteiger partial charge in [0.25, 0.3) is 0 Å². The van der Waals surface area contributed by atoms with Crippen LogP contribution in [-0.2, 0) is 0 Å². The van der Waals surface area contributed by atoms with Crippen molar-refractivity contribution in [2.45, 2.75) is 19.9 Å². The molecule has 0 fully saturated rings. The highest BCUT2D eigenvalue weighted by Gasteiger charge is 2.13. The predicted octanol–water partition coefficient (Wildman–Crippen LogP) is 5.81. The van der Waals surface area contributed by atoms with Crippen LogP contribution in [0.15, 0.2) is 40.9 Å². The normalized spacial score (nSPS) is 12.0. The minimum atomic E-state index is -0.321. The molecule has 2 aromatic carbocycles. The monoisotopic (exact) mass is 371 g/mol. The lowest BCUT2D eigenvalue weighted by Crippen LogP contribution is -2.09. The van der Waals surface area contributed by atoms with Gasteiger partial charge >= 0.3 is 0 Å². The molecule has 1 N–H and O–H groups in total. The van der Waals surface area contributed by atoms with E-state index in [2.05, 4.69) is 21.2 Å². The molecule has 1 atom stereocenters. The maximum Gasteiger partial charge on any atom is 0.145 e. The van der Waals surface area contributed by atoms with E-state index in [9.17, 15) is 4.39 Å². The van der Waals surface area contributed by atoms with Crippen molar-refractivity contribution in [3.8, 4) is 5.75 Å². The summed E-state index contributed by atoms with van der Waals surface area (Å²) in [6.07, 6.45) is 0. The highest BCUT2D eigenvalue weighted by atomic mass is 79.9. The molecule has 2 rings (SSSR count). The maximum atomic E-state index is 13.3. The fourth-order valence-corrected chi connectivity index (χ4v) is 2.89. The fourth-order valence-electron chi connectivity index (χ4n) is 2.05. The Hall–Kier alpha value is -1.26. The van der Waals surface area contributed by atoms with E-state index >= 15 is 0 Å². The Labute approximate surface area is 137 Å². The van der Waals surface area contributed by atoms with E-state index < -0.39 is 0 Å². The topological polar surface area (TPSA) is 21.3 Å². The van der Waals surface area contributed by atoms with Crippen LogP contribution in [0.2, 0.25) is 5.02 Å². The molecule has 0 spiro atoms. The largest absolute Gasteiger partial charge is 0.492 e. The van der Waals surface area contributed by atoms with Gasteiger partial charge in [0.1, 0.15) is 11.6 Å². The molecule has 0 aliphatic rings. The Morgan fingerprint density at radius 1 is 1.29 bits per heavy atom. The van der Waals surface area contributed by atoms with E-state index in [0.29, 0.717) is 17.4 Å². The van der Waals surface area contributed by atoms with Crippen molar-refractivity contribution in [3.05, 3.63) is 57.3 Å². The molecule has 0 aromatic heterocycles. The second kappa shape index (κ2) is 7.14. The van der Waals surface area contributed by atoms with Crippen molar-refractivity contribution in [2.24, 2.45) is 0 Å². The first-order valence-electron chi connectivity index (χ1n) is 6.65. The van der Waals surface area contributed by atoms with Gasteiger partial charge in [-0.05, 0) is 43.7 Å². The first-order chi connectivity index (χ1) is 10.0. The van der Waals surface area contributed by atoms with Gasteiger partial charge in [-0.15, -0.1) is 0 Å². The van der Waals surface area contributed by atoms with Crippen LogP contribution < -0.4 is 10.1 Å². The second-order valence-corrected chi connectivity index (χ2v) is 5.93. The van der Waals surface area contributed by atoms with Crippen molar-refractivity contribution in [1.82, 2.24) is 0 Å². The van der Waals surface area contributed by atoms with Gasteiger partial charge in [-0.25, -0.2) is 4.39 Å². The highest BCUT2D eigenvalue weighted by Crippen LogP contribution is 2.32. The molecule has 2 nitrogen and oxygen atoms in total.